The van der Waals surface area contributed by atoms with Gasteiger partial charge in [0.1, 0.15) is 5.82 Å². The summed E-state index contributed by atoms with van der Waals surface area (Å²) in [5.74, 6) is 1.01. The van der Waals surface area contributed by atoms with Gasteiger partial charge in [-0.05, 0) is 51.4 Å². The van der Waals surface area contributed by atoms with Crippen molar-refractivity contribution >= 4 is 28.7 Å². The van der Waals surface area contributed by atoms with Crippen LogP contribution in [0.1, 0.15) is 30.3 Å². The highest BCUT2D eigenvalue weighted by atomic mass is 16.4. The number of amides is 2. The molecule has 10 nitrogen and oxygen atoms in total. The highest BCUT2D eigenvalue weighted by Crippen LogP contribution is 2.38. The molecule has 188 valence electrons. The molecule has 4 rings (SSSR count). The monoisotopic (exact) mass is 481 g/mol. The van der Waals surface area contributed by atoms with Crippen molar-refractivity contribution in [2.24, 2.45) is 0 Å². The first kappa shape index (κ1) is 24.7. The lowest BCUT2D eigenvalue weighted by atomic mass is 9.94. The van der Waals surface area contributed by atoms with E-state index >= 15 is 0 Å². The number of hydrogen-bond donors (Lipinski definition) is 1. The molecule has 1 unspecified atom stereocenters. The highest BCUT2D eigenvalue weighted by molar-refractivity contribution is 5.96. The largest absolute Gasteiger partial charge is 0.465 e. The summed E-state index contributed by atoms with van der Waals surface area (Å²) in [6, 6.07) is 3.83. The fourth-order valence-electron chi connectivity index (χ4n) is 4.86. The summed E-state index contributed by atoms with van der Waals surface area (Å²) in [4.78, 5) is 34.4. The summed E-state index contributed by atoms with van der Waals surface area (Å²) in [7, 11) is 5.48. The SMILES string of the molecule is Cc1cc2c(c3nc(CCn4cccn4)n(CCN(C)CC(=O)N(C)C)c13)CCC(C)N2C(=O)O. The van der Waals surface area contributed by atoms with Crippen LogP contribution in [0, 0.1) is 6.92 Å². The number of aromatic nitrogens is 4. The lowest BCUT2D eigenvalue weighted by Gasteiger charge is -2.33. The van der Waals surface area contributed by atoms with E-state index in [1.54, 1.807) is 25.2 Å². The molecule has 10 heteroatoms. The van der Waals surface area contributed by atoms with E-state index in [0.29, 0.717) is 32.6 Å². The van der Waals surface area contributed by atoms with Gasteiger partial charge in [-0.25, -0.2) is 9.78 Å². The van der Waals surface area contributed by atoms with Crippen LogP contribution in [-0.4, -0.2) is 86.5 Å². The summed E-state index contributed by atoms with van der Waals surface area (Å²) in [5.41, 5.74) is 4.69. The van der Waals surface area contributed by atoms with E-state index in [0.717, 1.165) is 46.5 Å². The van der Waals surface area contributed by atoms with Gasteiger partial charge in [0.05, 0.1) is 23.3 Å². The average Bonchev–Trinajstić information content (AvgIpc) is 3.43. The molecule has 1 aromatic carbocycles. The number of benzene rings is 1. The first-order valence-corrected chi connectivity index (χ1v) is 12.1. The molecule has 35 heavy (non-hydrogen) atoms. The normalized spacial score (nSPS) is 15.6. The molecule has 0 spiro atoms. The number of anilines is 1. The zero-order chi connectivity index (χ0) is 25.3. The molecule has 1 aliphatic heterocycles. The van der Waals surface area contributed by atoms with Gasteiger partial charge in [-0.15, -0.1) is 0 Å². The molecule has 2 amide bonds. The van der Waals surface area contributed by atoms with Crippen molar-refractivity contribution in [1.29, 1.82) is 0 Å². The molecular formula is C25H35N7O3. The van der Waals surface area contributed by atoms with Crippen LogP contribution >= 0.6 is 0 Å². The Bertz CT molecular complexity index is 1220. The fourth-order valence-corrected chi connectivity index (χ4v) is 4.86. The van der Waals surface area contributed by atoms with Gasteiger partial charge in [-0.2, -0.15) is 5.10 Å². The van der Waals surface area contributed by atoms with Crippen LogP contribution < -0.4 is 4.90 Å². The van der Waals surface area contributed by atoms with Crippen molar-refractivity contribution in [3.8, 4) is 0 Å². The quantitative estimate of drug-likeness (QED) is 0.531. The number of rotatable bonds is 8. The second-order valence-electron chi connectivity index (χ2n) is 9.65. The lowest BCUT2D eigenvalue weighted by Crippen LogP contribution is -2.41. The van der Waals surface area contributed by atoms with E-state index in [1.807, 2.05) is 48.8 Å². The Balaban J connectivity index is 1.73. The van der Waals surface area contributed by atoms with E-state index in [-0.39, 0.29) is 11.9 Å². The lowest BCUT2D eigenvalue weighted by molar-refractivity contribution is -0.129. The zero-order valence-electron chi connectivity index (χ0n) is 21.2. The Hall–Kier alpha value is -3.40. The van der Waals surface area contributed by atoms with Gasteiger partial charge in [-0.1, -0.05) is 0 Å². The molecule has 1 atom stereocenters. The molecule has 3 aromatic rings. The first-order chi connectivity index (χ1) is 16.7. The van der Waals surface area contributed by atoms with Gasteiger partial charge >= 0.3 is 6.09 Å². The number of nitrogens with zero attached hydrogens (tertiary/aromatic N) is 7. The average molecular weight is 482 g/mol. The third-order valence-electron chi connectivity index (χ3n) is 6.82. The Kier molecular flexibility index (Phi) is 7.11. The molecule has 3 heterocycles. The molecule has 1 N–H and O–H groups in total. The number of fused-ring (bicyclic) bond motifs is 3. The number of hydrogen-bond acceptors (Lipinski definition) is 5. The number of carbonyl (C=O) groups excluding carboxylic acids is 1. The van der Waals surface area contributed by atoms with Gasteiger partial charge in [0, 0.05) is 64.1 Å². The van der Waals surface area contributed by atoms with E-state index in [1.165, 1.54) is 4.90 Å². The Morgan fingerprint density at radius 3 is 2.66 bits per heavy atom. The topological polar surface area (TPSA) is 99.7 Å². The molecule has 0 saturated carbocycles. The van der Waals surface area contributed by atoms with Gasteiger partial charge in [0.25, 0.3) is 0 Å². The molecule has 2 aromatic heterocycles. The predicted octanol–water partition coefficient (Wildman–Crippen LogP) is 2.62. The minimum atomic E-state index is -0.928. The van der Waals surface area contributed by atoms with E-state index in [9.17, 15) is 14.7 Å². The number of likely N-dealkylation sites (N-methyl/N-ethyl adjacent to an activating group) is 2. The molecule has 1 aliphatic rings. The molecule has 0 aliphatic carbocycles. The maximum Gasteiger partial charge on any atom is 0.412 e. The van der Waals surface area contributed by atoms with Crippen molar-refractivity contribution in [2.75, 3.05) is 39.1 Å². The van der Waals surface area contributed by atoms with Crippen molar-refractivity contribution in [3.63, 3.8) is 0 Å². The van der Waals surface area contributed by atoms with Crippen LogP contribution in [0.3, 0.4) is 0 Å². The maximum absolute atomic E-state index is 12.2. The van der Waals surface area contributed by atoms with Crippen LogP contribution in [0.4, 0.5) is 10.5 Å². The van der Waals surface area contributed by atoms with Crippen molar-refractivity contribution in [3.05, 3.63) is 41.5 Å². The van der Waals surface area contributed by atoms with Crippen LogP contribution in [-0.2, 0) is 30.7 Å². The Morgan fingerprint density at radius 2 is 2.00 bits per heavy atom. The summed E-state index contributed by atoms with van der Waals surface area (Å²) >= 11 is 0. The summed E-state index contributed by atoms with van der Waals surface area (Å²) in [6.07, 6.45) is 5.04. The third-order valence-corrected chi connectivity index (χ3v) is 6.82. The third kappa shape index (κ3) is 5.02. The summed E-state index contributed by atoms with van der Waals surface area (Å²) in [6.45, 7) is 6.40. The number of imidazole rings is 1. The first-order valence-electron chi connectivity index (χ1n) is 12.1. The fraction of sp³-hybridized carbons (Fsp3) is 0.520. The number of carbonyl (C=O) groups is 2. The van der Waals surface area contributed by atoms with E-state index in [2.05, 4.69) is 9.67 Å². The zero-order valence-corrected chi connectivity index (χ0v) is 21.2. The van der Waals surface area contributed by atoms with Crippen LogP contribution in [0.15, 0.2) is 24.5 Å². The van der Waals surface area contributed by atoms with Crippen LogP contribution in [0.25, 0.3) is 11.0 Å². The van der Waals surface area contributed by atoms with Gasteiger partial charge in [-0.3, -0.25) is 19.3 Å². The van der Waals surface area contributed by atoms with Crippen LogP contribution in [0.5, 0.6) is 0 Å². The second-order valence-corrected chi connectivity index (χ2v) is 9.65. The maximum atomic E-state index is 12.2. The number of carboxylic acid groups (broad SMARTS) is 1. The molecule has 0 bridgehead atoms. The van der Waals surface area contributed by atoms with Crippen molar-refractivity contribution < 1.29 is 14.7 Å². The predicted molar refractivity (Wildman–Crippen MR) is 135 cm³/mol. The summed E-state index contributed by atoms with van der Waals surface area (Å²) < 4.78 is 4.13. The van der Waals surface area contributed by atoms with E-state index in [4.69, 9.17) is 4.98 Å². The standard InChI is InChI=1S/C25H35N7O3/c1-17-15-20-19(8-7-18(2)32(20)25(34)35)23-24(17)31(14-13-29(5)16-22(33)28(3)4)21(27-23)9-12-30-11-6-10-26-30/h6,10-11,15,18H,7-9,12-14,16H2,1-5H3,(H,34,35). The van der Waals surface area contributed by atoms with Crippen molar-refractivity contribution in [1.82, 2.24) is 29.1 Å². The Labute approximate surface area is 205 Å². The summed E-state index contributed by atoms with van der Waals surface area (Å²) in [5, 5.41) is 14.2. The van der Waals surface area contributed by atoms with Crippen LogP contribution in [0.2, 0.25) is 0 Å². The minimum absolute atomic E-state index is 0.0648. The molecule has 0 fully saturated rings. The molecule has 0 radical (unpaired) electrons. The van der Waals surface area contributed by atoms with Crippen molar-refractivity contribution in [2.45, 2.75) is 52.2 Å². The van der Waals surface area contributed by atoms with E-state index < -0.39 is 6.09 Å². The second kappa shape index (κ2) is 10.1. The number of aryl methyl sites for hydroxylation is 4. The highest BCUT2D eigenvalue weighted by Gasteiger charge is 2.31. The Morgan fingerprint density at radius 1 is 1.23 bits per heavy atom. The van der Waals surface area contributed by atoms with Gasteiger partial charge in [0.2, 0.25) is 5.91 Å². The molecule has 0 saturated heterocycles. The molecular weight excluding hydrogens is 446 g/mol. The smallest absolute Gasteiger partial charge is 0.412 e. The minimum Gasteiger partial charge on any atom is -0.465 e. The van der Waals surface area contributed by atoms with Gasteiger partial charge in [0.15, 0.2) is 0 Å². The van der Waals surface area contributed by atoms with Gasteiger partial charge < -0.3 is 14.6 Å².